The second-order valence-corrected chi connectivity index (χ2v) is 7.31. The topological polar surface area (TPSA) is 41.1 Å². The second kappa shape index (κ2) is 9.49. The number of halogens is 1. The SMILES string of the molecule is O=C(NCCCCSc1ccccc1Br)C1CCCNC1. The van der Waals surface area contributed by atoms with E-state index in [2.05, 4.69) is 44.8 Å². The molecule has 1 aromatic carbocycles. The van der Waals surface area contributed by atoms with Crippen molar-refractivity contribution >= 4 is 33.6 Å². The molecule has 1 aromatic rings. The molecule has 1 aliphatic rings. The maximum atomic E-state index is 11.9. The van der Waals surface area contributed by atoms with Crippen molar-refractivity contribution in [2.45, 2.75) is 30.6 Å². The Morgan fingerprint density at radius 2 is 2.24 bits per heavy atom. The summed E-state index contributed by atoms with van der Waals surface area (Å²) in [5.41, 5.74) is 0. The summed E-state index contributed by atoms with van der Waals surface area (Å²) in [6.45, 7) is 2.69. The van der Waals surface area contributed by atoms with Crippen LogP contribution in [0.15, 0.2) is 33.6 Å². The highest BCUT2D eigenvalue weighted by atomic mass is 79.9. The zero-order valence-corrected chi connectivity index (χ0v) is 14.6. The molecular weight excluding hydrogens is 348 g/mol. The van der Waals surface area contributed by atoms with Crippen molar-refractivity contribution in [1.82, 2.24) is 10.6 Å². The van der Waals surface area contributed by atoms with Gasteiger partial charge in [-0.3, -0.25) is 4.79 Å². The normalized spacial score (nSPS) is 18.4. The summed E-state index contributed by atoms with van der Waals surface area (Å²) in [7, 11) is 0. The first-order valence-electron chi connectivity index (χ1n) is 7.63. The monoisotopic (exact) mass is 370 g/mol. The first-order valence-corrected chi connectivity index (χ1v) is 9.41. The Kier molecular flexibility index (Phi) is 7.61. The summed E-state index contributed by atoms with van der Waals surface area (Å²) >= 11 is 5.42. The lowest BCUT2D eigenvalue weighted by Gasteiger charge is -2.21. The van der Waals surface area contributed by atoms with Crippen LogP contribution in [0, 0.1) is 5.92 Å². The van der Waals surface area contributed by atoms with Crippen LogP contribution < -0.4 is 10.6 Å². The zero-order valence-electron chi connectivity index (χ0n) is 12.2. The van der Waals surface area contributed by atoms with Crippen LogP contribution in [0.2, 0.25) is 0 Å². The number of unbranched alkanes of at least 4 members (excludes halogenated alkanes) is 1. The van der Waals surface area contributed by atoms with Crippen molar-refractivity contribution in [1.29, 1.82) is 0 Å². The van der Waals surface area contributed by atoms with E-state index in [1.807, 2.05) is 17.8 Å². The van der Waals surface area contributed by atoms with E-state index in [1.165, 1.54) is 4.90 Å². The zero-order chi connectivity index (χ0) is 14.9. The molecule has 1 amide bonds. The molecule has 21 heavy (non-hydrogen) atoms. The Morgan fingerprint density at radius 1 is 1.38 bits per heavy atom. The molecule has 3 nitrogen and oxygen atoms in total. The van der Waals surface area contributed by atoms with Crippen LogP contribution in [0.3, 0.4) is 0 Å². The molecule has 1 aliphatic heterocycles. The fraction of sp³-hybridized carbons (Fsp3) is 0.562. The summed E-state index contributed by atoms with van der Waals surface area (Å²) in [5.74, 6) is 1.48. The van der Waals surface area contributed by atoms with E-state index in [1.54, 1.807) is 0 Å². The fourth-order valence-corrected chi connectivity index (χ4v) is 3.98. The molecule has 0 aromatic heterocycles. The Hall–Kier alpha value is -0.520. The Balaban J connectivity index is 1.54. The third kappa shape index (κ3) is 6.01. The van der Waals surface area contributed by atoms with Gasteiger partial charge in [-0.05, 0) is 66.0 Å². The van der Waals surface area contributed by atoms with Crippen molar-refractivity contribution in [3.05, 3.63) is 28.7 Å². The number of thioether (sulfide) groups is 1. The van der Waals surface area contributed by atoms with Crippen molar-refractivity contribution in [3.8, 4) is 0 Å². The number of carbonyl (C=O) groups excluding carboxylic acids is 1. The number of amides is 1. The van der Waals surface area contributed by atoms with Crippen LogP contribution in [-0.2, 0) is 4.79 Å². The smallest absolute Gasteiger partial charge is 0.224 e. The van der Waals surface area contributed by atoms with Crippen LogP contribution in [0.1, 0.15) is 25.7 Å². The minimum atomic E-state index is 0.174. The van der Waals surface area contributed by atoms with Gasteiger partial charge in [-0.1, -0.05) is 12.1 Å². The molecule has 1 fully saturated rings. The molecule has 1 unspecified atom stereocenters. The average molecular weight is 371 g/mol. The van der Waals surface area contributed by atoms with E-state index in [-0.39, 0.29) is 11.8 Å². The molecule has 0 spiro atoms. The lowest BCUT2D eigenvalue weighted by molar-refractivity contribution is -0.125. The molecule has 116 valence electrons. The van der Waals surface area contributed by atoms with Gasteiger partial charge < -0.3 is 10.6 Å². The predicted octanol–water partition coefficient (Wildman–Crippen LogP) is 3.44. The molecule has 0 bridgehead atoms. The standard InChI is InChI=1S/C16H23BrN2OS/c17-14-7-1-2-8-15(14)21-11-4-3-10-19-16(20)13-6-5-9-18-12-13/h1-2,7-8,13,18H,3-6,9-12H2,(H,19,20). The number of rotatable bonds is 7. The number of carbonyl (C=O) groups is 1. The minimum Gasteiger partial charge on any atom is -0.356 e. The lowest BCUT2D eigenvalue weighted by atomic mass is 9.99. The van der Waals surface area contributed by atoms with Crippen molar-refractivity contribution in [2.24, 2.45) is 5.92 Å². The third-order valence-corrected chi connectivity index (χ3v) is 5.75. The second-order valence-electron chi connectivity index (χ2n) is 5.32. The molecule has 0 aliphatic carbocycles. The number of hydrogen-bond acceptors (Lipinski definition) is 3. The average Bonchev–Trinajstić information content (AvgIpc) is 2.53. The molecule has 5 heteroatoms. The molecule has 1 heterocycles. The Morgan fingerprint density at radius 3 is 3.00 bits per heavy atom. The molecular formula is C16H23BrN2OS. The van der Waals surface area contributed by atoms with Gasteiger partial charge >= 0.3 is 0 Å². The summed E-state index contributed by atoms with van der Waals surface area (Å²) in [5, 5.41) is 6.35. The van der Waals surface area contributed by atoms with Gasteiger partial charge in [-0.2, -0.15) is 0 Å². The molecule has 2 rings (SSSR count). The van der Waals surface area contributed by atoms with Gasteiger partial charge in [0.1, 0.15) is 0 Å². The third-order valence-electron chi connectivity index (χ3n) is 3.63. The van der Waals surface area contributed by atoms with Crippen LogP contribution >= 0.6 is 27.7 Å². The molecule has 0 radical (unpaired) electrons. The van der Waals surface area contributed by atoms with E-state index >= 15 is 0 Å². The van der Waals surface area contributed by atoms with Crippen molar-refractivity contribution in [2.75, 3.05) is 25.4 Å². The molecule has 1 saturated heterocycles. The van der Waals surface area contributed by atoms with Gasteiger partial charge in [0.25, 0.3) is 0 Å². The van der Waals surface area contributed by atoms with E-state index in [4.69, 9.17) is 0 Å². The van der Waals surface area contributed by atoms with E-state index in [0.29, 0.717) is 0 Å². The highest BCUT2D eigenvalue weighted by molar-refractivity contribution is 9.10. The van der Waals surface area contributed by atoms with Gasteiger partial charge in [0.15, 0.2) is 0 Å². The highest BCUT2D eigenvalue weighted by Crippen LogP contribution is 2.27. The molecule has 2 N–H and O–H groups in total. The number of hydrogen-bond donors (Lipinski definition) is 2. The first kappa shape index (κ1) is 16.8. The molecule has 0 saturated carbocycles. The van der Waals surface area contributed by atoms with Crippen LogP contribution in [0.25, 0.3) is 0 Å². The van der Waals surface area contributed by atoms with Crippen molar-refractivity contribution < 1.29 is 4.79 Å². The first-order chi connectivity index (χ1) is 10.3. The van der Waals surface area contributed by atoms with Crippen LogP contribution in [0.5, 0.6) is 0 Å². The number of nitrogens with one attached hydrogen (secondary N) is 2. The maximum absolute atomic E-state index is 11.9. The van der Waals surface area contributed by atoms with E-state index in [0.717, 1.165) is 55.5 Å². The van der Waals surface area contributed by atoms with E-state index < -0.39 is 0 Å². The molecule has 1 atom stereocenters. The quantitative estimate of drug-likeness (QED) is 0.570. The van der Waals surface area contributed by atoms with Gasteiger partial charge in [0, 0.05) is 22.5 Å². The summed E-state index contributed by atoms with van der Waals surface area (Å²) in [6, 6.07) is 8.29. The van der Waals surface area contributed by atoms with Gasteiger partial charge in [0.05, 0.1) is 5.92 Å². The Bertz CT molecular complexity index is 450. The van der Waals surface area contributed by atoms with Crippen LogP contribution in [0.4, 0.5) is 0 Å². The van der Waals surface area contributed by atoms with Crippen molar-refractivity contribution in [3.63, 3.8) is 0 Å². The lowest BCUT2D eigenvalue weighted by Crippen LogP contribution is -2.40. The largest absolute Gasteiger partial charge is 0.356 e. The van der Waals surface area contributed by atoms with Gasteiger partial charge in [-0.15, -0.1) is 11.8 Å². The van der Waals surface area contributed by atoms with E-state index in [9.17, 15) is 4.79 Å². The van der Waals surface area contributed by atoms with Crippen LogP contribution in [-0.4, -0.2) is 31.3 Å². The summed E-state index contributed by atoms with van der Waals surface area (Å²) in [6.07, 6.45) is 4.30. The summed E-state index contributed by atoms with van der Waals surface area (Å²) in [4.78, 5) is 13.2. The Labute approximate surface area is 139 Å². The number of benzene rings is 1. The van der Waals surface area contributed by atoms with Gasteiger partial charge in [-0.25, -0.2) is 0 Å². The predicted molar refractivity (Wildman–Crippen MR) is 92.7 cm³/mol. The summed E-state index contributed by atoms with van der Waals surface area (Å²) < 4.78 is 1.16. The highest BCUT2D eigenvalue weighted by Gasteiger charge is 2.19. The number of piperidine rings is 1. The minimum absolute atomic E-state index is 0.174. The van der Waals surface area contributed by atoms with Gasteiger partial charge in [0.2, 0.25) is 5.91 Å². The maximum Gasteiger partial charge on any atom is 0.224 e. The fourth-order valence-electron chi connectivity index (χ4n) is 2.40.